The quantitative estimate of drug-likeness (QED) is 0.642. The number of carbonyl (C=O) groups excluding carboxylic acids is 2. The summed E-state index contributed by atoms with van der Waals surface area (Å²) in [7, 11) is 0. The fraction of sp³-hybridized carbons (Fsp3) is 0.500. The first-order valence-electron chi connectivity index (χ1n) is 7.12. The number of hydrogen-bond donors (Lipinski definition) is 2. The second kappa shape index (κ2) is 7.68. The van der Waals surface area contributed by atoms with Gasteiger partial charge >= 0.3 is 11.8 Å². The third-order valence-corrected chi connectivity index (χ3v) is 3.19. The number of unbranched alkanes of at least 4 members (excludes halogenated alkanes) is 2. The van der Waals surface area contributed by atoms with Crippen LogP contribution in [0.3, 0.4) is 0 Å². The van der Waals surface area contributed by atoms with Crippen LogP contribution in [0.4, 0.5) is 5.69 Å². The second-order valence-electron chi connectivity index (χ2n) is 5.19. The Morgan fingerprint density at radius 3 is 2.15 bits per heavy atom. The molecule has 0 aliphatic heterocycles. The lowest BCUT2D eigenvalue weighted by Gasteiger charge is -2.12. The summed E-state index contributed by atoms with van der Waals surface area (Å²) in [6, 6.07) is 3.98. The number of carbonyl (C=O) groups is 2. The molecule has 0 radical (unpaired) electrons. The molecule has 0 saturated carbocycles. The summed E-state index contributed by atoms with van der Waals surface area (Å²) in [6.45, 7) is 8.50. The summed E-state index contributed by atoms with van der Waals surface area (Å²) < 4.78 is 0. The Labute approximate surface area is 121 Å². The van der Waals surface area contributed by atoms with E-state index in [1.54, 1.807) is 0 Å². The third-order valence-electron chi connectivity index (χ3n) is 3.19. The van der Waals surface area contributed by atoms with Gasteiger partial charge in [0.05, 0.1) is 0 Å². The van der Waals surface area contributed by atoms with Gasteiger partial charge in [0.25, 0.3) is 0 Å². The molecule has 0 fully saturated rings. The van der Waals surface area contributed by atoms with Gasteiger partial charge < -0.3 is 10.6 Å². The molecule has 0 bridgehead atoms. The van der Waals surface area contributed by atoms with E-state index in [0.717, 1.165) is 41.6 Å². The van der Waals surface area contributed by atoms with E-state index in [0.29, 0.717) is 6.54 Å². The van der Waals surface area contributed by atoms with Gasteiger partial charge in [-0.05, 0) is 38.3 Å². The minimum Gasteiger partial charge on any atom is -0.348 e. The van der Waals surface area contributed by atoms with Crippen LogP contribution in [0.1, 0.15) is 42.9 Å². The van der Waals surface area contributed by atoms with Crippen molar-refractivity contribution in [1.82, 2.24) is 5.32 Å². The summed E-state index contributed by atoms with van der Waals surface area (Å²) in [5, 5.41) is 5.33. The van der Waals surface area contributed by atoms with Crippen molar-refractivity contribution in [2.45, 2.75) is 47.0 Å². The average molecular weight is 276 g/mol. The minimum absolute atomic E-state index is 0.548. The number of aryl methyl sites for hydroxylation is 3. The number of hydrogen-bond acceptors (Lipinski definition) is 2. The summed E-state index contributed by atoms with van der Waals surface area (Å²) in [6.07, 6.45) is 3.04. The molecule has 1 rings (SSSR count). The molecule has 20 heavy (non-hydrogen) atoms. The molecule has 0 atom stereocenters. The van der Waals surface area contributed by atoms with E-state index in [1.807, 2.05) is 32.9 Å². The molecule has 0 spiro atoms. The summed E-state index contributed by atoms with van der Waals surface area (Å²) in [4.78, 5) is 23.5. The topological polar surface area (TPSA) is 58.2 Å². The molecule has 4 nitrogen and oxygen atoms in total. The lowest BCUT2D eigenvalue weighted by molar-refractivity contribution is -0.136. The molecule has 0 saturated heterocycles. The van der Waals surface area contributed by atoms with E-state index in [4.69, 9.17) is 0 Å². The number of nitrogens with one attached hydrogen (secondary N) is 2. The maximum absolute atomic E-state index is 11.8. The first-order valence-corrected chi connectivity index (χ1v) is 7.12. The molecule has 110 valence electrons. The van der Waals surface area contributed by atoms with Crippen molar-refractivity contribution in [3.8, 4) is 0 Å². The van der Waals surface area contributed by atoms with E-state index < -0.39 is 11.8 Å². The highest BCUT2D eigenvalue weighted by molar-refractivity contribution is 6.39. The first-order chi connectivity index (χ1) is 9.45. The molecule has 0 aliphatic carbocycles. The van der Waals surface area contributed by atoms with Gasteiger partial charge in [-0.15, -0.1) is 0 Å². The van der Waals surface area contributed by atoms with Crippen LogP contribution < -0.4 is 10.6 Å². The van der Waals surface area contributed by atoms with Gasteiger partial charge in [-0.1, -0.05) is 37.5 Å². The average Bonchev–Trinajstić information content (AvgIpc) is 2.38. The Hall–Kier alpha value is -1.84. The zero-order valence-electron chi connectivity index (χ0n) is 12.8. The van der Waals surface area contributed by atoms with Crippen molar-refractivity contribution in [1.29, 1.82) is 0 Å². The van der Waals surface area contributed by atoms with Crippen LogP contribution in [0.5, 0.6) is 0 Å². The predicted molar refractivity (Wildman–Crippen MR) is 81.8 cm³/mol. The number of amides is 2. The molecule has 0 aromatic heterocycles. The maximum Gasteiger partial charge on any atom is 0.313 e. The Morgan fingerprint density at radius 2 is 1.60 bits per heavy atom. The van der Waals surface area contributed by atoms with E-state index >= 15 is 0 Å². The number of rotatable bonds is 5. The van der Waals surface area contributed by atoms with E-state index in [1.165, 1.54) is 0 Å². The predicted octanol–water partition coefficient (Wildman–Crippen LogP) is 2.86. The van der Waals surface area contributed by atoms with Gasteiger partial charge in [0.2, 0.25) is 0 Å². The van der Waals surface area contributed by atoms with Crippen LogP contribution in [0.2, 0.25) is 0 Å². The highest BCUT2D eigenvalue weighted by atomic mass is 16.2. The van der Waals surface area contributed by atoms with Gasteiger partial charge in [0, 0.05) is 12.2 Å². The van der Waals surface area contributed by atoms with Gasteiger partial charge in [-0.3, -0.25) is 9.59 Å². The zero-order chi connectivity index (χ0) is 15.1. The summed E-state index contributed by atoms with van der Waals surface area (Å²) >= 11 is 0. The summed E-state index contributed by atoms with van der Waals surface area (Å²) in [5.41, 5.74) is 3.80. The van der Waals surface area contributed by atoms with Crippen molar-refractivity contribution < 1.29 is 9.59 Å². The molecule has 2 N–H and O–H groups in total. The highest BCUT2D eigenvalue weighted by Crippen LogP contribution is 2.21. The molecule has 1 aromatic rings. The van der Waals surface area contributed by atoms with Crippen LogP contribution in [-0.2, 0) is 9.59 Å². The van der Waals surface area contributed by atoms with Crippen molar-refractivity contribution in [3.05, 3.63) is 28.8 Å². The second-order valence-corrected chi connectivity index (χ2v) is 5.19. The molecule has 0 heterocycles. The molecule has 4 heteroatoms. The standard InChI is InChI=1S/C16H24N2O2/c1-5-6-7-8-17-15(19)16(20)18-14-12(3)9-11(2)10-13(14)4/h9-10H,5-8H2,1-4H3,(H,17,19)(H,18,20). The number of benzene rings is 1. The third kappa shape index (κ3) is 4.68. The van der Waals surface area contributed by atoms with Crippen molar-refractivity contribution in [2.24, 2.45) is 0 Å². The minimum atomic E-state index is -0.600. The van der Waals surface area contributed by atoms with Gasteiger partial charge in [0.1, 0.15) is 0 Å². The molecular weight excluding hydrogens is 252 g/mol. The van der Waals surface area contributed by atoms with E-state index in [-0.39, 0.29) is 0 Å². The highest BCUT2D eigenvalue weighted by Gasteiger charge is 2.15. The largest absolute Gasteiger partial charge is 0.348 e. The van der Waals surface area contributed by atoms with Gasteiger partial charge in [-0.2, -0.15) is 0 Å². The van der Waals surface area contributed by atoms with Crippen molar-refractivity contribution in [3.63, 3.8) is 0 Å². The molecule has 0 unspecified atom stereocenters. The Kier molecular flexibility index (Phi) is 6.22. The molecular formula is C16H24N2O2. The SMILES string of the molecule is CCCCCNC(=O)C(=O)Nc1c(C)cc(C)cc1C. The lowest BCUT2D eigenvalue weighted by atomic mass is 10.1. The monoisotopic (exact) mass is 276 g/mol. The van der Waals surface area contributed by atoms with E-state index in [9.17, 15) is 9.59 Å². The fourth-order valence-corrected chi connectivity index (χ4v) is 2.20. The van der Waals surface area contributed by atoms with E-state index in [2.05, 4.69) is 17.6 Å². The van der Waals surface area contributed by atoms with Crippen LogP contribution in [-0.4, -0.2) is 18.4 Å². The lowest BCUT2D eigenvalue weighted by Crippen LogP contribution is -2.36. The van der Waals surface area contributed by atoms with Gasteiger partial charge in [0.15, 0.2) is 0 Å². The Balaban J connectivity index is 2.60. The number of anilines is 1. The van der Waals surface area contributed by atoms with Crippen molar-refractivity contribution in [2.75, 3.05) is 11.9 Å². The zero-order valence-corrected chi connectivity index (χ0v) is 12.8. The maximum atomic E-state index is 11.8. The van der Waals surface area contributed by atoms with Gasteiger partial charge in [-0.25, -0.2) is 0 Å². The van der Waals surface area contributed by atoms with Crippen LogP contribution in [0.25, 0.3) is 0 Å². The van der Waals surface area contributed by atoms with Crippen molar-refractivity contribution >= 4 is 17.5 Å². The normalized spacial score (nSPS) is 10.2. The Morgan fingerprint density at radius 1 is 1.00 bits per heavy atom. The first kappa shape index (κ1) is 16.2. The molecule has 0 aliphatic rings. The molecule has 1 aromatic carbocycles. The fourth-order valence-electron chi connectivity index (χ4n) is 2.20. The van der Waals surface area contributed by atoms with Crippen LogP contribution in [0.15, 0.2) is 12.1 Å². The molecule has 2 amide bonds. The smallest absolute Gasteiger partial charge is 0.313 e. The van der Waals surface area contributed by atoms with Crippen LogP contribution in [0, 0.1) is 20.8 Å². The Bertz CT molecular complexity index is 472. The van der Waals surface area contributed by atoms with Crippen LogP contribution >= 0.6 is 0 Å². The summed E-state index contributed by atoms with van der Waals surface area (Å²) in [5.74, 6) is -1.17.